The van der Waals surface area contributed by atoms with Crippen LogP contribution in [0.2, 0.25) is 0 Å². The van der Waals surface area contributed by atoms with Crippen molar-refractivity contribution in [1.82, 2.24) is 4.90 Å². The van der Waals surface area contributed by atoms with Crippen molar-refractivity contribution in [3.05, 3.63) is 34.3 Å². The third-order valence-electron chi connectivity index (χ3n) is 3.14. The molecule has 0 aromatic heterocycles. The first kappa shape index (κ1) is 13.7. The van der Waals surface area contributed by atoms with Gasteiger partial charge in [-0.25, -0.2) is 0 Å². The number of hydrogen-bond donors (Lipinski definition) is 0. The van der Waals surface area contributed by atoms with E-state index >= 15 is 0 Å². The molecule has 0 amide bonds. The lowest BCUT2D eigenvalue weighted by atomic mass is 10.1. The molecule has 1 aliphatic heterocycles. The van der Waals surface area contributed by atoms with E-state index in [4.69, 9.17) is 4.74 Å². The van der Waals surface area contributed by atoms with Gasteiger partial charge < -0.3 is 9.64 Å². The largest absolute Gasteiger partial charge is 0.380 e. The molecule has 4 heteroatoms. The molecule has 1 aromatic rings. The first-order valence-corrected chi connectivity index (χ1v) is 7.14. The summed E-state index contributed by atoms with van der Waals surface area (Å²) in [6, 6.07) is 7.57. The highest BCUT2D eigenvalue weighted by atomic mass is 79.9. The molecule has 2 rings (SSSR count). The zero-order chi connectivity index (χ0) is 12.8. The van der Waals surface area contributed by atoms with Crippen molar-refractivity contribution >= 4 is 21.7 Å². The van der Waals surface area contributed by atoms with Crippen LogP contribution in [0.25, 0.3) is 0 Å². The SMILES string of the molecule is O=C(CCN1CCCOCC1)c1ccc(Br)cc1. The van der Waals surface area contributed by atoms with Crippen molar-refractivity contribution in [3.63, 3.8) is 0 Å². The third-order valence-corrected chi connectivity index (χ3v) is 3.66. The molecule has 1 saturated heterocycles. The maximum Gasteiger partial charge on any atom is 0.164 e. The molecule has 18 heavy (non-hydrogen) atoms. The number of ether oxygens (including phenoxy) is 1. The number of benzene rings is 1. The van der Waals surface area contributed by atoms with E-state index in [1.54, 1.807) is 0 Å². The van der Waals surface area contributed by atoms with Crippen LogP contribution in [0.3, 0.4) is 0 Å². The lowest BCUT2D eigenvalue weighted by Gasteiger charge is -2.18. The van der Waals surface area contributed by atoms with Gasteiger partial charge in [-0.1, -0.05) is 28.1 Å². The van der Waals surface area contributed by atoms with Crippen molar-refractivity contribution in [3.8, 4) is 0 Å². The van der Waals surface area contributed by atoms with Gasteiger partial charge in [-0.2, -0.15) is 0 Å². The summed E-state index contributed by atoms with van der Waals surface area (Å²) in [5.74, 6) is 0.215. The second-order valence-corrected chi connectivity index (χ2v) is 5.40. The van der Waals surface area contributed by atoms with Crippen LogP contribution in [-0.2, 0) is 4.74 Å². The molecule has 0 radical (unpaired) electrons. The number of carbonyl (C=O) groups is 1. The van der Waals surface area contributed by atoms with Crippen LogP contribution in [0, 0.1) is 0 Å². The first-order chi connectivity index (χ1) is 8.75. The molecule has 98 valence electrons. The van der Waals surface area contributed by atoms with Crippen molar-refractivity contribution in [2.45, 2.75) is 12.8 Å². The second kappa shape index (κ2) is 7.02. The maximum atomic E-state index is 12.0. The summed E-state index contributed by atoms with van der Waals surface area (Å²) in [4.78, 5) is 14.3. The Bertz CT molecular complexity index is 383. The maximum absolute atomic E-state index is 12.0. The summed E-state index contributed by atoms with van der Waals surface area (Å²) < 4.78 is 6.40. The van der Waals surface area contributed by atoms with Crippen LogP contribution in [0.1, 0.15) is 23.2 Å². The van der Waals surface area contributed by atoms with E-state index in [9.17, 15) is 4.79 Å². The van der Waals surface area contributed by atoms with Gasteiger partial charge in [0.2, 0.25) is 0 Å². The standard InChI is InChI=1S/C14H18BrNO2/c15-13-4-2-12(3-5-13)14(17)6-8-16-7-1-10-18-11-9-16/h2-5H,1,6-11H2. The minimum absolute atomic E-state index is 0.215. The summed E-state index contributed by atoms with van der Waals surface area (Å²) in [7, 11) is 0. The number of ketones is 1. The van der Waals surface area contributed by atoms with Crippen LogP contribution < -0.4 is 0 Å². The Morgan fingerprint density at radius 3 is 2.78 bits per heavy atom. The topological polar surface area (TPSA) is 29.5 Å². The Balaban J connectivity index is 1.82. The molecular weight excluding hydrogens is 294 g/mol. The van der Waals surface area contributed by atoms with Gasteiger partial charge in [-0.05, 0) is 18.6 Å². The Morgan fingerprint density at radius 1 is 1.22 bits per heavy atom. The number of nitrogens with zero attached hydrogens (tertiary/aromatic N) is 1. The molecule has 1 aliphatic rings. The molecule has 0 unspecified atom stereocenters. The Kier molecular flexibility index (Phi) is 5.35. The van der Waals surface area contributed by atoms with E-state index in [2.05, 4.69) is 20.8 Å². The molecule has 0 aliphatic carbocycles. The number of halogens is 1. The van der Waals surface area contributed by atoms with E-state index in [0.29, 0.717) is 6.42 Å². The summed E-state index contributed by atoms with van der Waals surface area (Å²) in [6.45, 7) is 4.43. The van der Waals surface area contributed by atoms with Gasteiger partial charge in [0.1, 0.15) is 0 Å². The summed E-state index contributed by atoms with van der Waals surface area (Å²) in [5.41, 5.74) is 0.796. The normalized spacial score (nSPS) is 17.4. The molecule has 0 atom stereocenters. The van der Waals surface area contributed by atoms with E-state index in [0.717, 1.165) is 49.3 Å². The highest BCUT2D eigenvalue weighted by Crippen LogP contribution is 2.12. The fourth-order valence-electron chi connectivity index (χ4n) is 2.06. The van der Waals surface area contributed by atoms with Crippen LogP contribution >= 0.6 is 15.9 Å². The van der Waals surface area contributed by atoms with Gasteiger partial charge in [-0.15, -0.1) is 0 Å². The monoisotopic (exact) mass is 311 g/mol. The smallest absolute Gasteiger partial charge is 0.164 e. The summed E-state index contributed by atoms with van der Waals surface area (Å²) in [6.07, 6.45) is 1.65. The molecule has 0 bridgehead atoms. The van der Waals surface area contributed by atoms with Crippen molar-refractivity contribution in [1.29, 1.82) is 0 Å². The van der Waals surface area contributed by atoms with Crippen molar-refractivity contribution in [2.24, 2.45) is 0 Å². The fraction of sp³-hybridized carbons (Fsp3) is 0.500. The van der Waals surface area contributed by atoms with Crippen LogP contribution in [0.15, 0.2) is 28.7 Å². The molecule has 1 fully saturated rings. The summed E-state index contributed by atoms with van der Waals surface area (Å²) in [5, 5.41) is 0. The zero-order valence-electron chi connectivity index (χ0n) is 10.4. The molecule has 1 heterocycles. The van der Waals surface area contributed by atoms with E-state index in [-0.39, 0.29) is 5.78 Å². The lowest BCUT2D eigenvalue weighted by Crippen LogP contribution is -2.28. The Labute approximate surface area is 116 Å². The van der Waals surface area contributed by atoms with Crippen LogP contribution in [0.5, 0.6) is 0 Å². The van der Waals surface area contributed by atoms with Crippen LogP contribution in [-0.4, -0.2) is 43.5 Å². The van der Waals surface area contributed by atoms with Crippen LogP contribution in [0.4, 0.5) is 0 Å². The molecule has 0 N–H and O–H groups in total. The van der Waals surface area contributed by atoms with Gasteiger partial charge in [0.15, 0.2) is 5.78 Å². The number of Topliss-reactive ketones (excluding diaryl/α,β-unsaturated/α-hetero) is 1. The number of hydrogen-bond acceptors (Lipinski definition) is 3. The molecule has 1 aromatic carbocycles. The molecular formula is C14H18BrNO2. The molecule has 0 spiro atoms. The van der Waals surface area contributed by atoms with Crippen molar-refractivity contribution in [2.75, 3.05) is 32.8 Å². The minimum Gasteiger partial charge on any atom is -0.380 e. The van der Waals surface area contributed by atoms with E-state index in [1.807, 2.05) is 24.3 Å². The van der Waals surface area contributed by atoms with Gasteiger partial charge in [-0.3, -0.25) is 4.79 Å². The number of rotatable bonds is 4. The molecule has 0 saturated carbocycles. The first-order valence-electron chi connectivity index (χ1n) is 6.34. The highest BCUT2D eigenvalue weighted by Gasteiger charge is 2.12. The van der Waals surface area contributed by atoms with Gasteiger partial charge >= 0.3 is 0 Å². The van der Waals surface area contributed by atoms with Gasteiger partial charge in [0.05, 0.1) is 6.61 Å². The predicted octanol–water partition coefficient (Wildman–Crippen LogP) is 2.74. The average molecular weight is 312 g/mol. The quantitative estimate of drug-likeness (QED) is 0.801. The predicted molar refractivity (Wildman–Crippen MR) is 75.0 cm³/mol. The Morgan fingerprint density at radius 2 is 2.00 bits per heavy atom. The van der Waals surface area contributed by atoms with Gasteiger partial charge in [0, 0.05) is 42.7 Å². The molecule has 3 nitrogen and oxygen atoms in total. The van der Waals surface area contributed by atoms with Crippen molar-refractivity contribution < 1.29 is 9.53 Å². The summed E-state index contributed by atoms with van der Waals surface area (Å²) >= 11 is 3.37. The van der Waals surface area contributed by atoms with Gasteiger partial charge in [0.25, 0.3) is 0 Å². The fourth-order valence-corrected chi connectivity index (χ4v) is 2.33. The van der Waals surface area contributed by atoms with E-state index in [1.165, 1.54) is 0 Å². The highest BCUT2D eigenvalue weighted by molar-refractivity contribution is 9.10. The minimum atomic E-state index is 0.215. The third kappa shape index (κ3) is 4.19. The average Bonchev–Trinajstić information content (AvgIpc) is 2.65. The number of carbonyl (C=O) groups excluding carboxylic acids is 1. The zero-order valence-corrected chi connectivity index (χ0v) is 12.0. The second-order valence-electron chi connectivity index (χ2n) is 4.49. The lowest BCUT2D eigenvalue weighted by molar-refractivity contribution is 0.0960. The Hall–Kier alpha value is -0.710. The van der Waals surface area contributed by atoms with E-state index < -0.39 is 0 Å².